The molecule has 2 heterocycles. The van der Waals surface area contributed by atoms with Gasteiger partial charge in [0.05, 0.1) is 18.9 Å². The number of hydrogen-bond acceptors (Lipinski definition) is 5. The zero-order valence-corrected chi connectivity index (χ0v) is 16.0. The molecule has 0 radical (unpaired) electrons. The molecule has 0 N–H and O–H groups in total. The average molecular weight is 415 g/mol. The highest BCUT2D eigenvalue weighted by molar-refractivity contribution is 6.33. The van der Waals surface area contributed by atoms with Gasteiger partial charge in [-0.15, -0.1) is 0 Å². The average Bonchev–Trinajstić information content (AvgIpc) is 2.70. The van der Waals surface area contributed by atoms with Crippen LogP contribution in [0.25, 0.3) is 27.4 Å². The Balaban J connectivity index is 2.14. The van der Waals surface area contributed by atoms with Gasteiger partial charge < -0.3 is 9.47 Å². The highest BCUT2D eigenvalue weighted by Crippen LogP contribution is 2.33. The molecule has 28 heavy (non-hydrogen) atoms. The zero-order chi connectivity index (χ0) is 19.8. The summed E-state index contributed by atoms with van der Waals surface area (Å²) in [5.41, 5.74) is 0.607. The topological polar surface area (TPSA) is 69.9 Å². The normalized spacial score (nSPS) is 11.0. The minimum absolute atomic E-state index is 0.0988. The molecule has 4 aromatic rings. The molecule has 0 spiro atoms. The SMILES string of the molecule is COC(=O)Oc1cc(-c2ccccc2Cl)c(=O)n2ncc3ccc(Cl)cc3c12. The summed E-state index contributed by atoms with van der Waals surface area (Å²) in [5, 5.41) is 6.41. The Kier molecular flexibility index (Phi) is 4.66. The van der Waals surface area contributed by atoms with Gasteiger partial charge in [0.2, 0.25) is 0 Å². The fraction of sp³-hybridized carbons (Fsp3) is 0.0500. The number of benzene rings is 2. The van der Waals surface area contributed by atoms with E-state index in [1.807, 2.05) is 0 Å². The molecular formula is C20H12Cl2N2O4. The molecule has 0 amide bonds. The van der Waals surface area contributed by atoms with Gasteiger partial charge >= 0.3 is 6.16 Å². The number of fused-ring (bicyclic) bond motifs is 3. The van der Waals surface area contributed by atoms with Crippen molar-refractivity contribution >= 4 is 45.6 Å². The van der Waals surface area contributed by atoms with Crippen LogP contribution >= 0.6 is 23.2 Å². The van der Waals surface area contributed by atoms with Crippen LogP contribution in [0.15, 0.2) is 59.5 Å². The van der Waals surface area contributed by atoms with Gasteiger partial charge in [-0.1, -0.05) is 47.5 Å². The highest BCUT2D eigenvalue weighted by atomic mass is 35.5. The molecule has 0 aliphatic carbocycles. The van der Waals surface area contributed by atoms with Crippen molar-refractivity contribution in [3.8, 4) is 16.9 Å². The highest BCUT2D eigenvalue weighted by Gasteiger charge is 2.19. The van der Waals surface area contributed by atoms with Crippen LogP contribution in [0.5, 0.6) is 5.75 Å². The van der Waals surface area contributed by atoms with E-state index >= 15 is 0 Å². The molecule has 0 saturated carbocycles. The smallest absolute Gasteiger partial charge is 0.437 e. The summed E-state index contributed by atoms with van der Waals surface area (Å²) in [7, 11) is 1.20. The second-order valence-corrected chi connectivity index (χ2v) is 6.74. The third-order valence-corrected chi connectivity index (χ3v) is 4.81. The fourth-order valence-corrected chi connectivity index (χ4v) is 3.40. The number of halogens is 2. The lowest BCUT2D eigenvalue weighted by Gasteiger charge is -2.13. The summed E-state index contributed by atoms with van der Waals surface area (Å²) >= 11 is 12.4. The van der Waals surface area contributed by atoms with Crippen LogP contribution < -0.4 is 10.3 Å². The Morgan fingerprint density at radius 2 is 1.86 bits per heavy atom. The summed E-state index contributed by atoms with van der Waals surface area (Å²) in [6, 6.07) is 13.5. The second-order valence-electron chi connectivity index (χ2n) is 5.90. The minimum atomic E-state index is -0.926. The van der Waals surface area contributed by atoms with Gasteiger partial charge in [0.15, 0.2) is 5.75 Å². The summed E-state index contributed by atoms with van der Waals surface area (Å²) in [6.45, 7) is 0. The Labute approximate surface area is 168 Å². The van der Waals surface area contributed by atoms with Gasteiger partial charge in [0.25, 0.3) is 5.56 Å². The predicted octanol–water partition coefficient (Wildman–Crippen LogP) is 4.97. The first-order valence-electron chi connectivity index (χ1n) is 8.14. The quantitative estimate of drug-likeness (QED) is 0.342. The van der Waals surface area contributed by atoms with E-state index in [1.165, 1.54) is 13.2 Å². The molecule has 0 bridgehead atoms. The van der Waals surface area contributed by atoms with E-state index in [0.717, 1.165) is 9.90 Å². The molecule has 0 fully saturated rings. The molecule has 0 saturated heterocycles. The summed E-state index contributed by atoms with van der Waals surface area (Å²) < 4.78 is 11.1. The van der Waals surface area contributed by atoms with Gasteiger partial charge in [-0.2, -0.15) is 9.61 Å². The number of nitrogens with zero attached hydrogens (tertiary/aromatic N) is 2. The van der Waals surface area contributed by atoms with Crippen LogP contribution in [-0.2, 0) is 4.74 Å². The van der Waals surface area contributed by atoms with Gasteiger partial charge in [-0.25, -0.2) is 4.79 Å². The van der Waals surface area contributed by atoms with Gasteiger partial charge in [0.1, 0.15) is 5.52 Å². The van der Waals surface area contributed by atoms with Gasteiger partial charge in [-0.05, 0) is 24.3 Å². The number of ether oxygens (including phenoxy) is 2. The van der Waals surface area contributed by atoms with Crippen LogP contribution in [-0.4, -0.2) is 22.9 Å². The molecule has 2 aromatic heterocycles. The van der Waals surface area contributed by atoms with Crippen LogP contribution in [0, 0.1) is 0 Å². The van der Waals surface area contributed by atoms with E-state index in [0.29, 0.717) is 26.5 Å². The number of carbonyl (C=O) groups is 1. The first-order valence-corrected chi connectivity index (χ1v) is 8.90. The molecule has 2 aromatic carbocycles. The maximum Gasteiger partial charge on any atom is 0.513 e. The Bertz CT molecular complexity index is 1300. The predicted molar refractivity (Wildman–Crippen MR) is 107 cm³/mol. The zero-order valence-electron chi connectivity index (χ0n) is 14.5. The lowest BCUT2D eigenvalue weighted by atomic mass is 10.1. The Hall–Kier alpha value is -3.09. The maximum atomic E-state index is 13.2. The van der Waals surface area contributed by atoms with Crippen molar-refractivity contribution in [2.24, 2.45) is 0 Å². The lowest BCUT2D eigenvalue weighted by molar-refractivity contribution is 0.122. The van der Waals surface area contributed by atoms with Crippen molar-refractivity contribution in [2.45, 2.75) is 0 Å². The van der Waals surface area contributed by atoms with Crippen LogP contribution in [0.4, 0.5) is 4.79 Å². The summed E-state index contributed by atoms with van der Waals surface area (Å²) in [6.07, 6.45) is 0.614. The van der Waals surface area contributed by atoms with Crippen molar-refractivity contribution in [3.05, 3.63) is 75.1 Å². The monoisotopic (exact) mass is 414 g/mol. The van der Waals surface area contributed by atoms with E-state index in [4.69, 9.17) is 27.9 Å². The molecule has 140 valence electrons. The first-order chi connectivity index (χ1) is 13.5. The van der Waals surface area contributed by atoms with Crippen molar-refractivity contribution in [3.63, 3.8) is 0 Å². The summed E-state index contributed by atoms with van der Waals surface area (Å²) in [5.74, 6) is 0.0988. The molecule has 0 aliphatic heterocycles. The van der Waals surface area contributed by atoms with Crippen molar-refractivity contribution in [1.82, 2.24) is 9.61 Å². The largest absolute Gasteiger partial charge is 0.513 e. The third kappa shape index (κ3) is 3.06. The Morgan fingerprint density at radius 3 is 2.61 bits per heavy atom. The number of hydrogen-bond donors (Lipinski definition) is 0. The number of carbonyl (C=O) groups excluding carboxylic acids is 1. The summed E-state index contributed by atoms with van der Waals surface area (Å²) in [4.78, 5) is 25.0. The fourth-order valence-electron chi connectivity index (χ4n) is 2.99. The molecular weight excluding hydrogens is 403 g/mol. The third-order valence-electron chi connectivity index (χ3n) is 4.25. The van der Waals surface area contributed by atoms with Crippen LogP contribution in [0.3, 0.4) is 0 Å². The molecule has 6 nitrogen and oxygen atoms in total. The minimum Gasteiger partial charge on any atom is -0.437 e. The molecule has 0 unspecified atom stereocenters. The van der Waals surface area contributed by atoms with Crippen molar-refractivity contribution < 1.29 is 14.3 Å². The van der Waals surface area contributed by atoms with E-state index in [2.05, 4.69) is 9.84 Å². The van der Waals surface area contributed by atoms with Crippen molar-refractivity contribution in [1.29, 1.82) is 0 Å². The maximum absolute atomic E-state index is 13.2. The van der Waals surface area contributed by atoms with E-state index in [1.54, 1.807) is 48.7 Å². The molecule has 4 rings (SSSR count). The van der Waals surface area contributed by atoms with E-state index in [9.17, 15) is 9.59 Å². The standard InChI is InChI=1S/C20H12Cl2N2O4/c1-27-20(26)28-17-9-15(13-4-2-3-5-16(13)22)19(25)24-18(17)14-8-12(21)7-6-11(14)10-23-24/h2-10H,1H3. The number of methoxy groups -OCH3 is 1. The second kappa shape index (κ2) is 7.14. The lowest BCUT2D eigenvalue weighted by Crippen LogP contribution is -2.20. The van der Waals surface area contributed by atoms with Gasteiger partial charge in [-0.3, -0.25) is 4.79 Å². The molecule has 0 atom stereocenters. The molecule has 0 aliphatic rings. The van der Waals surface area contributed by atoms with E-state index in [-0.39, 0.29) is 11.3 Å². The van der Waals surface area contributed by atoms with Crippen molar-refractivity contribution in [2.75, 3.05) is 7.11 Å². The number of pyridine rings is 1. The van der Waals surface area contributed by atoms with Crippen LogP contribution in [0.2, 0.25) is 10.0 Å². The van der Waals surface area contributed by atoms with Crippen LogP contribution in [0.1, 0.15) is 0 Å². The first kappa shape index (κ1) is 18.3. The number of rotatable bonds is 2. The van der Waals surface area contributed by atoms with E-state index < -0.39 is 11.7 Å². The Morgan fingerprint density at radius 1 is 1.07 bits per heavy atom. The molecule has 8 heteroatoms. The number of aromatic nitrogens is 2. The van der Waals surface area contributed by atoms with Gasteiger partial charge in [0, 0.05) is 26.4 Å².